The Hall–Kier alpha value is -2.32. The number of nitrogens with one attached hydrogen (secondary N) is 1. The molecule has 1 aliphatic rings. The molecule has 2 heterocycles. The van der Waals surface area contributed by atoms with Crippen LogP contribution in [0.3, 0.4) is 0 Å². The number of benzene rings is 1. The Morgan fingerprint density at radius 1 is 1.25 bits per heavy atom. The van der Waals surface area contributed by atoms with E-state index in [1.54, 1.807) is 11.3 Å². The van der Waals surface area contributed by atoms with Crippen LogP contribution < -0.4 is 10.2 Å². The number of hydrogen-bond acceptors (Lipinski definition) is 6. The number of thiophene rings is 1. The normalized spacial score (nSPS) is 13.5. The first-order valence-corrected chi connectivity index (χ1v) is 11.1. The molecule has 1 aromatic carbocycles. The van der Waals surface area contributed by atoms with Crippen molar-refractivity contribution < 1.29 is 4.79 Å². The maximum absolute atomic E-state index is 12.3. The standard InChI is InChI=1S/C20H23N5OS2/c1-24(2)15-7-5-14(6-8-15)12-21-18(26)13-28-20-23-22-19(17-4-3-11-27-17)25(20)16-9-10-16/h3-8,11,16H,9-10,12-13H2,1-2H3,(H,21,26). The highest BCUT2D eigenvalue weighted by Crippen LogP contribution is 2.41. The van der Waals surface area contributed by atoms with Gasteiger partial charge >= 0.3 is 0 Å². The van der Waals surface area contributed by atoms with Crippen molar-refractivity contribution in [2.24, 2.45) is 0 Å². The highest BCUT2D eigenvalue weighted by Gasteiger charge is 2.30. The molecule has 0 saturated heterocycles. The van der Waals surface area contributed by atoms with E-state index in [2.05, 4.69) is 43.2 Å². The van der Waals surface area contributed by atoms with Gasteiger partial charge in [0.15, 0.2) is 11.0 Å². The molecule has 1 aliphatic carbocycles. The molecule has 1 amide bonds. The maximum atomic E-state index is 12.3. The third-order valence-electron chi connectivity index (χ3n) is 4.59. The van der Waals surface area contributed by atoms with Crippen molar-refractivity contribution in [3.63, 3.8) is 0 Å². The molecule has 28 heavy (non-hydrogen) atoms. The monoisotopic (exact) mass is 413 g/mol. The van der Waals surface area contributed by atoms with E-state index in [0.717, 1.165) is 40.0 Å². The largest absolute Gasteiger partial charge is 0.378 e. The molecule has 0 atom stereocenters. The van der Waals surface area contributed by atoms with Gasteiger partial charge in [-0.3, -0.25) is 9.36 Å². The third kappa shape index (κ3) is 4.39. The number of thioether (sulfide) groups is 1. The van der Waals surface area contributed by atoms with Crippen molar-refractivity contribution >= 4 is 34.7 Å². The summed E-state index contributed by atoms with van der Waals surface area (Å²) in [5.74, 6) is 1.26. The first-order valence-electron chi connectivity index (χ1n) is 9.26. The molecule has 0 spiro atoms. The second-order valence-electron chi connectivity index (χ2n) is 7.01. The Labute approximate surface area is 173 Å². The predicted molar refractivity (Wildman–Crippen MR) is 115 cm³/mol. The van der Waals surface area contributed by atoms with Crippen molar-refractivity contribution in [1.29, 1.82) is 0 Å². The summed E-state index contributed by atoms with van der Waals surface area (Å²) < 4.78 is 2.20. The van der Waals surface area contributed by atoms with Crippen molar-refractivity contribution in [3.8, 4) is 10.7 Å². The van der Waals surface area contributed by atoms with Crippen molar-refractivity contribution in [3.05, 3.63) is 47.3 Å². The van der Waals surface area contributed by atoms with Crippen molar-refractivity contribution in [2.45, 2.75) is 30.6 Å². The van der Waals surface area contributed by atoms with Crippen LogP contribution in [0.15, 0.2) is 46.9 Å². The van der Waals surface area contributed by atoms with E-state index in [-0.39, 0.29) is 5.91 Å². The molecule has 146 valence electrons. The minimum Gasteiger partial charge on any atom is -0.378 e. The van der Waals surface area contributed by atoms with Crippen molar-refractivity contribution in [2.75, 3.05) is 24.7 Å². The fourth-order valence-electron chi connectivity index (χ4n) is 2.90. The molecule has 1 saturated carbocycles. The molecule has 0 unspecified atom stereocenters. The van der Waals surface area contributed by atoms with Gasteiger partial charge in [-0.25, -0.2) is 0 Å². The van der Waals surface area contributed by atoms with E-state index in [4.69, 9.17) is 0 Å². The van der Waals surface area contributed by atoms with Gasteiger partial charge in [-0.2, -0.15) is 0 Å². The Balaban J connectivity index is 1.34. The Bertz CT molecular complexity index is 930. The van der Waals surface area contributed by atoms with Gasteiger partial charge in [0.25, 0.3) is 0 Å². The summed E-state index contributed by atoms with van der Waals surface area (Å²) in [5.41, 5.74) is 2.23. The summed E-state index contributed by atoms with van der Waals surface area (Å²) in [6, 6.07) is 12.8. The summed E-state index contributed by atoms with van der Waals surface area (Å²) in [5, 5.41) is 14.6. The number of anilines is 1. The molecule has 8 heteroatoms. The van der Waals surface area contributed by atoms with E-state index in [1.165, 1.54) is 11.8 Å². The highest BCUT2D eigenvalue weighted by molar-refractivity contribution is 7.99. The quantitative estimate of drug-likeness (QED) is 0.569. The average Bonchev–Trinajstić information content (AvgIpc) is 3.22. The first kappa shape index (κ1) is 19.0. The van der Waals surface area contributed by atoms with E-state index in [0.29, 0.717) is 18.3 Å². The van der Waals surface area contributed by atoms with Crippen molar-refractivity contribution in [1.82, 2.24) is 20.1 Å². The van der Waals surface area contributed by atoms with Gasteiger partial charge in [-0.15, -0.1) is 21.5 Å². The van der Waals surface area contributed by atoms with Crippen LogP contribution >= 0.6 is 23.1 Å². The molecule has 6 nitrogen and oxygen atoms in total. The lowest BCUT2D eigenvalue weighted by atomic mass is 10.2. The molecule has 0 aliphatic heterocycles. The van der Waals surface area contributed by atoms with Crippen LogP contribution in [0.5, 0.6) is 0 Å². The highest BCUT2D eigenvalue weighted by atomic mass is 32.2. The third-order valence-corrected chi connectivity index (χ3v) is 6.40. The van der Waals surface area contributed by atoms with Crippen LogP contribution in [0, 0.1) is 0 Å². The number of nitrogens with zero attached hydrogens (tertiary/aromatic N) is 4. The smallest absolute Gasteiger partial charge is 0.230 e. The molecular formula is C20H23N5OS2. The molecule has 1 fully saturated rings. The number of rotatable bonds is 8. The second kappa shape index (κ2) is 8.36. The van der Waals surface area contributed by atoms with Gasteiger partial charge in [0.2, 0.25) is 5.91 Å². The Morgan fingerprint density at radius 3 is 2.68 bits per heavy atom. The summed E-state index contributed by atoms with van der Waals surface area (Å²) in [4.78, 5) is 15.5. The fourth-order valence-corrected chi connectivity index (χ4v) is 4.45. The van der Waals surface area contributed by atoms with Gasteiger partial charge in [0.05, 0.1) is 10.6 Å². The zero-order chi connectivity index (χ0) is 19.5. The topological polar surface area (TPSA) is 63.1 Å². The van der Waals surface area contributed by atoms with Crippen LogP contribution in [-0.2, 0) is 11.3 Å². The SMILES string of the molecule is CN(C)c1ccc(CNC(=O)CSc2nnc(-c3cccs3)n2C2CC2)cc1. The lowest BCUT2D eigenvalue weighted by Crippen LogP contribution is -2.24. The minimum absolute atomic E-state index is 0.00436. The second-order valence-corrected chi connectivity index (χ2v) is 8.90. The van der Waals surface area contributed by atoms with Gasteiger partial charge in [-0.1, -0.05) is 30.0 Å². The lowest BCUT2D eigenvalue weighted by Gasteiger charge is -2.13. The van der Waals surface area contributed by atoms with E-state index >= 15 is 0 Å². The summed E-state index contributed by atoms with van der Waals surface area (Å²) in [7, 11) is 4.02. The molecule has 0 bridgehead atoms. The molecule has 0 radical (unpaired) electrons. The minimum atomic E-state index is 0.00436. The lowest BCUT2D eigenvalue weighted by molar-refractivity contribution is -0.118. The van der Waals surface area contributed by atoms with Gasteiger partial charge in [-0.05, 0) is 42.0 Å². The van der Waals surface area contributed by atoms with Gasteiger partial charge < -0.3 is 10.2 Å². The number of carbonyl (C=O) groups excluding carboxylic acids is 1. The van der Waals surface area contributed by atoms with Crippen LogP contribution in [0.2, 0.25) is 0 Å². The summed E-state index contributed by atoms with van der Waals surface area (Å²) in [6.45, 7) is 0.531. The zero-order valence-electron chi connectivity index (χ0n) is 16.0. The van der Waals surface area contributed by atoms with Gasteiger partial charge in [0, 0.05) is 32.4 Å². The zero-order valence-corrected chi connectivity index (χ0v) is 17.6. The fraction of sp³-hybridized carbons (Fsp3) is 0.350. The number of hydrogen-bond donors (Lipinski definition) is 1. The van der Waals surface area contributed by atoms with E-state index in [1.807, 2.05) is 37.7 Å². The predicted octanol–water partition coefficient (Wildman–Crippen LogP) is 3.82. The molecule has 1 N–H and O–H groups in total. The van der Waals surface area contributed by atoms with Crippen LogP contribution in [0.1, 0.15) is 24.4 Å². The van der Waals surface area contributed by atoms with Crippen LogP contribution in [0.25, 0.3) is 10.7 Å². The molecule has 4 rings (SSSR count). The Kier molecular flexibility index (Phi) is 5.68. The van der Waals surface area contributed by atoms with Crippen LogP contribution in [-0.4, -0.2) is 40.5 Å². The number of carbonyl (C=O) groups is 1. The van der Waals surface area contributed by atoms with Gasteiger partial charge in [0.1, 0.15) is 0 Å². The molecule has 3 aromatic rings. The number of amides is 1. The first-order chi connectivity index (χ1) is 13.6. The van der Waals surface area contributed by atoms with Crippen LogP contribution in [0.4, 0.5) is 5.69 Å². The number of aromatic nitrogens is 3. The van der Waals surface area contributed by atoms with E-state index in [9.17, 15) is 4.79 Å². The Morgan fingerprint density at radius 2 is 2.04 bits per heavy atom. The molecule has 2 aromatic heterocycles. The maximum Gasteiger partial charge on any atom is 0.230 e. The van der Waals surface area contributed by atoms with E-state index < -0.39 is 0 Å². The summed E-state index contributed by atoms with van der Waals surface area (Å²) in [6.07, 6.45) is 2.30. The molecular weight excluding hydrogens is 390 g/mol. The summed E-state index contributed by atoms with van der Waals surface area (Å²) >= 11 is 3.12. The average molecular weight is 414 g/mol.